The van der Waals surface area contributed by atoms with E-state index in [2.05, 4.69) is 0 Å². The number of phenolic OH excluding ortho intramolecular Hbond substituents is 1. The van der Waals surface area contributed by atoms with Crippen molar-refractivity contribution in [3.05, 3.63) is 29.6 Å². The zero-order valence-corrected chi connectivity index (χ0v) is 8.67. The van der Waals surface area contributed by atoms with Gasteiger partial charge in [0.1, 0.15) is 0 Å². The van der Waals surface area contributed by atoms with Crippen LogP contribution in [0, 0.1) is 5.82 Å². The van der Waals surface area contributed by atoms with Crippen molar-refractivity contribution in [3.8, 4) is 5.75 Å². The van der Waals surface area contributed by atoms with E-state index in [-0.39, 0.29) is 11.2 Å². The summed E-state index contributed by atoms with van der Waals surface area (Å²) < 4.78 is 13.2. The van der Waals surface area contributed by atoms with Gasteiger partial charge in [-0.15, -0.1) is 0 Å². The summed E-state index contributed by atoms with van der Waals surface area (Å²) in [6, 6.07) is 4.69. The summed E-state index contributed by atoms with van der Waals surface area (Å²) >= 11 is 0. The zero-order chi connectivity index (χ0) is 10.9. The number of nitrogens with two attached hydrogens (primary N) is 1. The molecule has 82 valence electrons. The standard InChI is InChI=1S/C12H16FNO/c13-10-8-9(2-3-11(10)15)12(6-7-14)4-1-5-12/h2-3,8,15H,1,4-7,14H2. The van der Waals surface area contributed by atoms with E-state index in [0.29, 0.717) is 6.54 Å². The predicted molar refractivity (Wildman–Crippen MR) is 57.3 cm³/mol. The van der Waals surface area contributed by atoms with E-state index < -0.39 is 5.82 Å². The lowest BCUT2D eigenvalue weighted by Crippen LogP contribution is -2.36. The van der Waals surface area contributed by atoms with Crippen molar-refractivity contribution < 1.29 is 9.50 Å². The van der Waals surface area contributed by atoms with Crippen LogP contribution in [0.1, 0.15) is 31.2 Å². The first-order valence-electron chi connectivity index (χ1n) is 5.37. The molecular formula is C12H16FNO. The Morgan fingerprint density at radius 3 is 2.60 bits per heavy atom. The van der Waals surface area contributed by atoms with Gasteiger partial charge in [0.05, 0.1) is 0 Å². The molecular weight excluding hydrogens is 193 g/mol. The minimum absolute atomic E-state index is 0.0727. The minimum atomic E-state index is -0.532. The fourth-order valence-electron chi connectivity index (χ4n) is 2.40. The van der Waals surface area contributed by atoms with Gasteiger partial charge in [-0.2, -0.15) is 0 Å². The fourth-order valence-corrected chi connectivity index (χ4v) is 2.40. The molecule has 0 aliphatic heterocycles. The van der Waals surface area contributed by atoms with Crippen LogP contribution in [0.25, 0.3) is 0 Å². The number of hydrogen-bond acceptors (Lipinski definition) is 2. The second kappa shape index (κ2) is 3.81. The molecule has 1 aliphatic carbocycles. The molecule has 0 atom stereocenters. The maximum atomic E-state index is 13.2. The number of aromatic hydroxyl groups is 1. The van der Waals surface area contributed by atoms with E-state index in [4.69, 9.17) is 10.8 Å². The van der Waals surface area contributed by atoms with Gasteiger partial charge in [0.25, 0.3) is 0 Å². The molecule has 0 heterocycles. The molecule has 0 saturated heterocycles. The Hall–Kier alpha value is -1.09. The van der Waals surface area contributed by atoms with Crippen molar-refractivity contribution in [2.75, 3.05) is 6.54 Å². The van der Waals surface area contributed by atoms with Gasteiger partial charge in [0, 0.05) is 0 Å². The first-order chi connectivity index (χ1) is 7.18. The largest absolute Gasteiger partial charge is 0.505 e. The fraction of sp³-hybridized carbons (Fsp3) is 0.500. The van der Waals surface area contributed by atoms with E-state index in [0.717, 1.165) is 24.8 Å². The second-order valence-corrected chi connectivity index (χ2v) is 4.34. The van der Waals surface area contributed by atoms with Gasteiger partial charge >= 0.3 is 0 Å². The molecule has 3 N–H and O–H groups in total. The van der Waals surface area contributed by atoms with Crippen LogP contribution in [0.2, 0.25) is 0 Å². The quantitative estimate of drug-likeness (QED) is 0.802. The Morgan fingerprint density at radius 1 is 1.40 bits per heavy atom. The molecule has 1 aromatic carbocycles. The Labute approximate surface area is 88.9 Å². The van der Waals surface area contributed by atoms with Crippen LogP contribution < -0.4 is 5.73 Å². The third-order valence-corrected chi connectivity index (χ3v) is 3.49. The minimum Gasteiger partial charge on any atom is -0.505 e. The van der Waals surface area contributed by atoms with Crippen LogP contribution in [0.3, 0.4) is 0 Å². The molecule has 1 aliphatic rings. The Kier molecular flexibility index (Phi) is 2.65. The van der Waals surface area contributed by atoms with Gasteiger partial charge in [0.15, 0.2) is 11.6 Å². The number of phenols is 1. The lowest BCUT2D eigenvalue weighted by atomic mass is 9.62. The first kappa shape index (κ1) is 10.4. The molecule has 1 aromatic rings. The van der Waals surface area contributed by atoms with E-state index in [9.17, 15) is 4.39 Å². The van der Waals surface area contributed by atoms with Crippen LogP contribution in [0.5, 0.6) is 5.75 Å². The molecule has 0 spiro atoms. The molecule has 0 unspecified atom stereocenters. The van der Waals surface area contributed by atoms with E-state index in [1.165, 1.54) is 18.6 Å². The highest BCUT2D eigenvalue weighted by Gasteiger charge is 2.38. The lowest BCUT2D eigenvalue weighted by molar-refractivity contribution is 0.228. The van der Waals surface area contributed by atoms with Crippen molar-refractivity contribution >= 4 is 0 Å². The summed E-state index contributed by atoms with van der Waals surface area (Å²) in [5.74, 6) is -0.809. The topological polar surface area (TPSA) is 46.2 Å². The van der Waals surface area contributed by atoms with Gasteiger partial charge in [0.2, 0.25) is 0 Å². The van der Waals surface area contributed by atoms with E-state index in [1.807, 2.05) is 6.07 Å². The zero-order valence-electron chi connectivity index (χ0n) is 8.67. The molecule has 3 heteroatoms. The van der Waals surface area contributed by atoms with Gasteiger partial charge in [-0.3, -0.25) is 0 Å². The summed E-state index contributed by atoms with van der Waals surface area (Å²) in [5, 5.41) is 9.13. The highest BCUT2D eigenvalue weighted by molar-refractivity contribution is 5.34. The van der Waals surface area contributed by atoms with Crippen LogP contribution in [0.4, 0.5) is 4.39 Å². The molecule has 2 rings (SSSR count). The third-order valence-electron chi connectivity index (χ3n) is 3.49. The van der Waals surface area contributed by atoms with Crippen molar-refractivity contribution in [2.24, 2.45) is 5.73 Å². The number of halogens is 1. The molecule has 0 bridgehead atoms. The van der Waals surface area contributed by atoms with Crippen LogP contribution >= 0.6 is 0 Å². The van der Waals surface area contributed by atoms with Crippen molar-refractivity contribution in [1.29, 1.82) is 0 Å². The smallest absolute Gasteiger partial charge is 0.165 e. The normalized spacial score (nSPS) is 18.5. The highest BCUT2D eigenvalue weighted by atomic mass is 19.1. The molecule has 0 aromatic heterocycles. The summed E-state index contributed by atoms with van der Waals surface area (Å²) in [6.07, 6.45) is 4.24. The summed E-state index contributed by atoms with van der Waals surface area (Å²) in [6.45, 7) is 0.627. The van der Waals surface area contributed by atoms with Crippen LogP contribution in [0.15, 0.2) is 18.2 Å². The molecule has 2 nitrogen and oxygen atoms in total. The predicted octanol–water partition coefficient (Wildman–Crippen LogP) is 2.30. The lowest BCUT2D eigenvalue weighted by Gasteiger charge is -2.42. The molecule has 0 radical (unpaired) electrons. The monoisotopic (exact) mass is 209 g/mol. The maximum Gasteiger partial charge on any atom is 0.165 e. The Balaban J connectivity index is 2.30. The number of rotatable bonds is 3. The van der Waals surface area contributed by atoms with Crippen molar-refractivity contribution in [3.63, 3.8) is 0 Å². The number of hydrogen-bond donors (Lipinski definition) is 2. The SMILES string of the molecule is NCCC1(c2ccc(O)c(F)c2)CCC1. The van der Waals surface area contributed by atoms with Gasteiger partial charge in [-0.1, -0.05) is 12.5 Å². The summed E-state index contributed by atoms with van der Waals surface area (Å²) in [5.41, 5.74) is 6.64. The Bertz CT molecular complexity index is 361. The van der Waals surface area contributed by atoms with Crippen molar-refractivity contribution in [2.45, 2.75) is 31.1 Å². The van der Waals surface area contributed by atoms with Gasteiger partial charge in [-0.05, 0) is 48.9 Å². The average molecular weight is 209 g/mol. The first-order valence-corrected chi connectivity index (χ1v) is 5.37. The molecule has 1 saturated carbocycles. The number of benzene rings is 1. The molecule has 15 heavy (non-hydrogen) atoms. The van der Waals surface area contributed by atoms with Gasteiger partial charge in [-0.25, -0.2) is 4.39 Å². The van der Waals surface area contributed by atoms with E-state index in [1.54, 1.807) is 0 Å². The third kappa shape index (κ3) is 1.72. The molecule has 0 amide bonds. The van der Waals surface area contributed by atoms with Gasteiger partial charge < -0.3 is 10.8 Å². The van der Waals surface area contributed by atoms with Crippen LogP contribution in [-0.2, 0) is 5.41 Å². The van der Waals surface area contributed by atoms with Crippen molar-refractivity contribution in [1.82, 2.24) is 0 Å². The maximum absolute atomic E-state index is 13.2. The summed E-state index contributed by atoms with van der Waals surface area (Å²) in [7, 11) is 0. The highest BCUT2D eigenvalue weighted by Crippen LogP contribution is 2.46. The van der Waals surface area contributed by atoms with Crippen LogP contribution in [-0.4, -0.2) is 11.7 Å². The van der Waals surface area contributed by atoms with E-state index >= 15 is 0 Å². The Morgan fingerprint density at radius 2 is 2.13 bits per heavy atom. The second-order valence-electron chi connectivity index (χ2n) is 4.34. The summed E-state index contributed by atoms with van der Waals surface area (Å²) in [4.78, 5) is 0. The average Bonchev–Trinajstić information content (AvgIpc) is 2.16. The molecule has 1 fully saturated rings.